The first-order valence-corrected chi connectivity index (χ1v) is 5.62. The van der Waals surface area contributed by atoms with Crippen molar-refractivity contribution < 1.29 is 4.74 Å². The maximum Gasteiger partial charge on any atom is 0.0810 e. The molecule has 0 unspecified atom stereocenters. The van der Waals surface area contributed by atoms with Crippen LogP contribution in [0.4, 0.5) is 0 Å². The number of benzene rings is 1. The molecule has 73 valence electrons. The Morgan fingerprint density at radius 1 is 1.50 bits per heavy atom. The number of halogens is 1. The second-order valence-corrected chi connectivity index (χ2v) is 4.30. The van der Waals surface area contributed by atoms with Gasteiger partial charge in [-0.25, -0.2) is 0 Å². The van der Waals surface area contributed by atoms with Crippen molar-refractivity contribution in [3.05, 3.63) is 40.8 Å². The van der Waals surface area contributed by atoms with Crippen molar-refractivity contribution in [2.75, 3.05) is 0 Å². The van der Waals surface area contributed by atoms with E-state index in [0.717, 1.165) is 5.02 Å². The number of rotatable bonds is 3. The highest BCUT2D eigenvalue weighted by atomic mass is 35.5. The Hall–Kier alpha value is -0.570. The summed E-state index contributed by atoms with van der Waals surface area (Å²) in [6.45, 7) is 4.20. The molecule has 1 radical (unpaired) electrons. The zero-order chi connectivity index (χ0) is 9.97. The van der Waals surface area contributed by atoms with Crippen molar-refractivity contribution in [3.63, 3.8) is 0 Å². The standard InChI is InChI=1S/C11H10ClOS/c1-2-13-6-8-7-14-11-4-3-9(12)5-10(8)11/h2-5,7H,6H2,1H3. The molecule has 3 heteroatoms. The topological polar surface area (TPSA) is 9.23 Å². The van der Waals surface area contributed by atoms with Gasteiger partial charge in [-0.15, -0.1) is 11.3 Å². The fourth-order valence-electron chi connectivity index (χ4n) is 1.34. The third-order valence-electron chi connectivity index (χ3n) is 2.02. The average molecular weight is 226 g/mol. The molecular weight excluding hydrogens is 216 g/mol. The van der Waals surface area contributed by atoms with Gasteiger partial charge in [-0.05, 0) is 41.5 Å². The van der Waals surface area contributed by atoms with Gasteiger partial charge in [0.15, 0.2) is 0 Å². The monoisotopic (exact) mass is 225 g/mol. The van der Waals surface area contributed by atoms with Crippen molar-refractivity contribution in [2.45, 2.75) is 13.5 Å². The third kappa shape index (κ3) is 1.92. The SMILES string of the molecule is C[CH]OCc1csc2ccc(Cl)cc12. The minimum atomic E-state index is 0.622. The van der Waals surface area contributed by atoms with Crippen LogP contribution in [0.1, 0.15) is 12.5 Å². The molecule has 0 N–H and O–H groups in total. The van der Waals surface area contributed by atoms with Gasteiger partial charge in [-0.2, -0.15) is 0 Å². The van der Waals surface area contributed by atoms with Gasteiger partial charge < -0.3 is 4.74 Å². The normalized spacial score (nSPS) is 11.0. The molecule has 0 aliphatic rings. The van der Waals surface area contributed by atoms with E-state index in [1.807, 2.05) is 25.1 Å². The number of fused-ring (bicyclic) bond motifs is 1. The summed E-state index contributed by atoms with van der Waals surface area (Å²) in [7, 11) is 0. The van der Waals surface area contributed by atoms with Crippen LogP contribution in [0.2, 0.25) is 5.02 Å². The Labute approximate surface area is 92.3 Å². The summed E-state index contributed by atoms with van der Waals surface area (Å²) in [6.07, 6.45) is 0. The van der Waals surface area contributed by atoms with Gasteiger partial charge in [-0.1, -0.05) is 11.6 Å². The maximum absolute atomic E-state index is 5.94. The maximum atomic E-state index is 5.94. The molecule has 14 heavy (non-hydrogen) atoms. The summed E-state index contributed by atoms with van der Waals surface area (Å²) in [5, 5.41) is 4.09. The van der Waals surface area contributed by atoms with E-state index in [0.29, 0.717) is 6.61 Å². The minimum absolute atomic E-state index is 0.622. The molecule has 0 saturated heterocycles. The average Bonchev–Trinajstić information content (AvgIpc) is 2.57. The van der Waals surface area contributed by atoms with Crippen LogP contribution in [0.25, 0.3) is 10.1 Å². The highest BCUT2D eigenvalue weighted by molar-refractivity contribution is 7.17. The number of hydrogen-bond acceptors (Lipinski definition) is 2. The molecule has 0 fully saturated rings. The van der Waals surface area contributed by atoms with Crippen LogP contribution >= 0.6 is 22.9 Å². The van der Waals surface area contributed by atoms with Crippen LogP contribution < -0.4 is 0 Å². The molecule has 0 amide bonds. The van der Waals surface area contributed by atoms with E-state index in [9.17, 15) is 0 Å². The lowest BCUT2D eigenvalue weighted by atomic mass is 10.2. The smallest absolute Gasteiger partial charge is 0.0810 e. The molecule has 0 aliphatic carbocycles. The van der Waals surface area contributed by atoms with Gasteiger partial charge >= 0.3 is 0 Å². The molecule has 1 nitrogen and oxygen atoms in total. The number of ether oxygens (including phenoxy) is 1. The van der Waals surface area contributed by atoms with E-state index in [1.54, 1.807) is 17.9 Å². The summed E-state index contributed by atoms with van der Waals surface area (Å²) >= 11 is 7.66. The van der Waals surface area contributed by atoms with E-state index in [1.165, 1.54) is 15.6 Å². The van der Waals surface area contributed by atoms with Crippen LogP contribution in [0, 0.1) is 6.61 Å². The van der Waals surface area contributed by atoms with Gasteiger partial charge in [0.2, 0.25) is 0 Å². The summed E-state index contributed by atoms with van der Waals surface area (Å²) in [4.78, 5) is 0. The molecule has 1 aromatic heterocycles. The van der Waals surface area contributed by atoms with Crippen LogP contribution in [-0.4, -0.2) is 0 Å². The quantitative estimate of drug-likeness (QED) is 0.759. The van der Waals surface area contributed by atoms with E-state index in [2.05, 4.69) is 5.38 Å². The first kappa shape index (κ1) is 9.97. The molecule has 0 aliphatic heterocycles. The Balaban J connectivity index is 2.40. The van der Waals surface area contributed by atoms with Crippen LogP contribution in [0.5, 0.6) is 0 Å². The lowest BCUT2D eigenvalue weighted by Gasteiger charge is -1.99. The van der Waals surface area contributed by atoms with Crippen molar-refractivity contribution in [1.82, 2.24) is 0 Å². The lowest BCUT2D eigenvalue weighted by molar-refractivity contribution is 0.192. The third-order valence-corrected chi connectivity index (χ3v) is 3.27. The molecule has 0 atom stereocenters. The zero-order valence-electron chi connectivity index (χ0n) is 7.79. The van der Waals surface area contributed by atoms with E-state index < -0.39 is 0 Å². The predicted octanol–water partition coefficient (Wildman–Crippen LogP) is 4.25. The highest BCUT2D eigenvalue weighted by Gasteiger charge is 2.04. The molecule has 0 bridgehead atoms. The highest BCUT2D eigenvalue weighted by Crippen LogP contribution is 2.29. The summed E-state index contributed by atoms with van der Waals surface area (Å²) in [5.41, 5.74) is 1.20. The van der Waals surface area contributed by atoms with Crippen molar-refractivity contribution >= 4 is 33.0 Å². The Bertz CT molecular complexity index is 436. The number of thiophene rings is 1. The van der Waals surface area contributed by atoms with E-state index >= 15 is 0 Å². The molecule has 2 rings (SSSR count). The predicted molar refractivity (Wildman–Crippen MR) is 61.6 cm³/mol. The fraction of sp³-hybridized carbons (Fsp3) is 0.182. The van der Waals surface area contributed by atoms with Gasteiger partial charge in [0.25, 0.3) is 0 Å². The minimum Gasteiger partial charge on any atom is -0.371 e. The van der Waals surface area contributed by atoms with Gasteiger partial charge in [-0.3, -0.25) is 0 Å². The van der Waals surface area contributed by atoms with E-state index in [4.69, 9.17) is 16.3 Å². The summed E-state index contributed by atoms with van der Waals surface area (Å²) in [5.74, 6) is 0. The molecular formula is C11H10ClOS. The summed E-state index contributed by atoms with van der Waals surface area (Å²) < 4.78 is 6.52. The van der Waals surface area contributed by atoms with Crippen LogP contribution in [-0.2, 0) is 11.3 Å². The van der Waals surface area contributed by atoms with Crippen molar-refractivity contribution in [3.8, 4) is 0 Å². The lowest BCUT2D eigenvalue weighted by Crippen LogP contribution is -1.85. The van der Waals surface area contributed by atoms with Crippen molar-refractivity contribution in [1.29, 1.82) is 0 Å². The van der Waals surface area contributed by atoms with Crippen LogP contribution in [0.3, 0.4) is 0 Å². The molecule has 1 aromatic carbocycles. The van der Waals surface area contributed by atoms with Gasteiger partial charge in [0.1, 0.15) is 0 Å². The zero-order valence-corrected chi connectivity index (χ0v) is 9.36. The molecule has 1 heterocycles. The van der Waals surface area contributed by atoms with Gasteiger partial charge in [0, 0.05) is 9.72 Å². The molecule has 0 spiro atoms. The largest absolute Gasteiger partial charge is 0.371 e. The fourth-order valence-corrected chi connectivity index (χ4v) is 2.44. The Morgan fingerprint density at radius 3 is 3.14 bits per heavy atom. The second-order valence-electron chi connectivity index (χ2n) is 2.95. The van der Waals surface area contributed by atoms with Gasteiger partial charge in [0.05, 0.1) is 13.2 Å². The summed E-state index contributed by atoms with van der Waals surface area (Å²) in [6, 6.07) is 5.94. The number of hydrogen-bond donors (Lipinski definition) is 0. The Morgan fingerprint density at radius 2 is 2.36 bits per heavy atom. The first-order valence-electron chi connectivity index (χ1n) is 4.36. The molecule has 2 aromatic rings. The van der Waals surface area contributed by atoms with E-state index in [-0.39, 0.29) is 0 Å². The van der Waals surface area contributed by atoms with Crippen molar-refractivity contribution in [2.24, 2.45) is 0 Å². The second kappa shape index (κ2) is 4.30. The van der Waals surface area contributed by atoms with Crippen LogP contribution in [0.15, 0.2) is 23.6 Å². The molecule has 0 saturated carbocycles. The first-order chi connectivity index (χ1) is 6.81. The Kier molecular flexibility index (Phi) is 3.06.